The molecule has 4 aromatic rings. The van der Waals surface area contributed by atoms with Crippen molar-refractivity contribution in [3.8, 4) is 11.6 Å². The average Bonchev–Trinajstić information content (AvgIpc) is 3.59. The first kappa shape index (κ1) is 21.8. The molecule has 0 saturated carbocycles. The molecule has 2 aromatic carbocycles. The summed E-state index contributed by atoms with van der Waals surface area (Å²) < 4.78 is 5.94. The second-order valence-corrected chi connectivity index (χ2v) is 9.01. The van der Waals surface area contributed by atoms with Crippen molar-refractivity contribution in [3.05, 3.63) is 94.4 Å². The fourth-order valence-corrected chi connectivity index (χ4v) is 4.86. The molecule has 0 bridgehead atoms. The number of thioether (sulfide) groups is 1. The predicted octanol–water partition coefficient (Wildman–Crippen LogP) is 3.45. The van der Waals surface area contributed by atoms with Crippen molar-refractivity contribution in [2.24, 2.45) is 4.99 Å². The molecule has 0 atom stereocenters. The van der Waals surface area contributed by atoms with Crippen LogP contribution >= 0.6 is 23.1 Å². The standard InChI is InChI=1S/C24H16N4O4S2/c29-20(21-23(31)32-26-28(21)17-10-5-2-6-11-17)15-34-24-25-19(14-18-12-7-13-33-18)22(30)27(24)16-8-3-1-4-9-16/h1-14H,15H2/b19-14+. The molecular weight excluding hydrogens is 472 g/mol. The highest BCUT2D eigenvalue weighted by Crippen LogP contribution is 2.30. The summed E-state index contributed by atoms with van der Waals surface area (Å²) >= 11 is 2.57. The Morgan fingerprint density at radius 2 is 1.82 bits per heavy atom. The van der Waals surface area contributed by atoms with E-state index in [0.717, 1.165) is 16.6 Å². The van der Waals surface area contributed by atoms with Crippen LogP contribution in [0, 0.1) is 0 Å². The lowest BCUT2D eigenvalue weighted by Crippen LogP contribution is -2.39. The van der Waals surface area contributed by atoms with E-state index in [1.54, 1.807) is 42.5 Å². The lowest BCUT2D eigenvalue weighted by Gasteiger charge is -2.17. The molecule has 10 heteroatoms. The summed E-state index contributed by atoms with van der Waals surface area (Å²) in [4.78, 5) is 33.1. The molecule has 0 aliphatic carbocycles. The van der Waals surface area contributed by atoms with Gasteiger partial charge in [-0.15, -0.1) is 11.3 Å². The number of hydrogen-bond acceptors (Lipinski definition) is 8. The van der Waals surface area contributed by atoms with Gasteiger partial charge in [0.25, 0.3) is 5.91 Å². The van der Waals surface area contributed by atoms with Gasteiger partial charge in [-0.3, -0.25) is 14.5 Å². The average molecular weight is 489 g/mol. The number of carbonyl (C=O) groups excluding carboxylic acids is 2. The third-order valence-electron chi connectivity index (χ3n) is 4.87. The van der Waals surface area contributed by atoms with Crippen molar-refractivity contribution >= 4 is 51.7 Å². The topological polar surface area (TPSA) is 103 Å². The minimum atomic E-state index is -0.822. The number of nitrogens with zero attached hydrogens (tertiary/aromatic N) is 4. The van der Waals surface area contributed by atoms with E-state index in [-0.39, 0.29) is 23.1 Å². The van der Waals surface area contributed by atoms with E-state index >= 15 is 0 Å². The fourth-order valence-electron chi connectivity index (χ4n) is 3.33. The van der Waals surface area contributed by atoms with E-state index in [2.05, 4.69) is 10.3 Å². The number of hydrogen-bond donors (Lipinski definition) is 0. The number of anilines is 1. The molecule has 5 rings (SSSR count). The van der Waals surface area contributed by atoms with Crippen LogP contribution in [0.3, 0.4) is 0 Å². The van der Waals surface area contributed by atoms with Gasteiger partial charge in [0, 0.05) is 17.0 Å². The first-order valence-corrected chi connectivity index (χ1v) is 12.0. The van der Waals surface area contributed by atoms with Crippen molar-refractivity contribution in [2.45, 2.75) is 0 Å². The fraction of sp³-hybridized carbons (Fsp3) is 0.0417. The van der Waals surface area contributed by atoms with Gasteiger partial charge in [-0.2, -0.15) is 0 Å². The van der Waals surface area contributed by atoms with Gasteiger partial charge in [0.05, 0.1) is 16.7 Å². The molecule has 0 radical (unpaired) electrons. The van der Waals surface area contributed by atoms with E-state index in [4.69, 9.17) is 4.52 Å². The van der Waals surface area contributed by atoms with Crippen molar-refractivity contribution < 1.29 is 23.9 Å². The van der Waals surface area contributed by atoms with Crippen molar-refractivity contribution in [1.82, 2.24) is 5.27 Å². The Balaban J connectivity index is 1.43. The van der Waals surface area contributed by atoms with Crippen LogP contribution in [0.2, 0.25) is 0 Å². The van der Waals surface area contributed by atoms with Crippen molar-refractivity contribution in [3.63, 3.8) is 0 Å². The molecule has 2 aromatic heterocycles. The molecule has 168 valence electrons. The number of aromatic nitrogens is 2. The van der Waals surface area contributed by atoms with Gasteiger partial charge in [-0.1, -0.05) is 54.2 Å². The number of rotatable bonds is 6. The van der Waals surface area contributed by atoms with Crippen LogP contribution < -0.4 is 14.7 Å². The summed E-state index contributed by atoms with van der Waals surface area (Å²) in [5.74, 6) is -1.73. The maximum absolute atomic E-state index is 13.2. The number of para-hydroxylation sites is 2. The maximum Gasteiger partial charge on any atom is 0.307 e. The van der Waals surface area contributed by atoms with E-state index in [0.29, 0.717) is 16.5 Å². The summed E-state index contributed by atoms with van der Waals surface area (Å²) in [5, 5.41) is 18.2. The van der Waals surface area contributed by atoms with E-state index < -0.39 is 11.7 Å². The Morgan fingerprint density at radius 1 is 1.09 bits per heavy atom. The molecule has 8 nitrogen and oxygen atoms in total. The summed E-state index contributed by atoms with van der Waals surface area (Å²) in [6.07, 6.45) is 1.72. The monoisotopic (exact) mass is 488 g/mol. The molecule has 1 aliphatic rings. The first-order valence-electron chi connectivity index (χ1n) is 10.2. The molecule has 3 heterocycles. The zero-order chi connectivity index (χ0) is 23.5. The van der Waals surface area contributed by atoms with Gasteiger partial charge >= 0.3 is 5.69 Å². The Labute approximate surface area is 202 Å². The van der Waals surface area contributed by atoms with Crippen LogP contribution in [0.15, 0.2) is 93.4 Å². The number of thiophene rings is 1. The Morgan fingerprint density at radius 3 is 2.53 bits per heavy atom. The highest BCUT2D eigenvalue weighted by atomic mass is 32.2. The highest BCUT2D eigenvalue weighted by Gasteiger charge is 2.34. The van der Waals surface area contributed by atoms with Gasteiger partial charge in [-0.25, -0.2) is 4.99 Å². The first-order chi connectivity index (χ1) is 16.6. The van der Waals surface area contributed by atoms with Gasteiger partial charge in [0.2, 0.25) is 11.5 Å². The number of carbonyl (C=O) groups is 2. The number of benzene rings is 2. The molecule has 1 amide bonds. The largest absolute Gasteiger partial charge is 0.539 e. The van der Waals surface area contributed by atoms with Crippen LogP contribution in [0.4, 0.5) is 5.69 Å². The van der Waals surface area contributed by atoms with Gasteiger partial charge in [0.1, 0.15) is 5.70 Å². The van der Waals surface area contributed by atoms with Crippen LogP contribution in [0.25, 0.3) is 11.8 Å². The van der Waals surface area contributed by atoms with Crippen molar-refractivity contribution in [2.75, 3.05) is 10.7 Å². The predicted molar refractivity (Wildman–Crippen MR) is 128 cm³/mol. The number of ketones is 1. The molecule has 0 spiro atoms. The lowest BCUT2D eigenvalue weighted by molar-refractivity contribution is -0.672. The molecule has 0 N–H and O–H groups in total. The van der Waals surface area contributed by atoms with Crippen LogP contribution in [-0.4, -0.2) is 27.9 Å². The van der Waals surface area contributed by atoms with E-state index in [9.17, 15) is 14.7 Å². The molecule has 34 heavy (non-hydrogen) atoms. The number of amidine groups is 1. The zero-order valence-corrected chi connectivity index (χ0v) is 19.2. The summed E-state index contributed by atoms with van der Waals surface area (Å²) in [6.45, 7) is 0. The second kappa shape index (κ2) is 9.46. The summed E-state index contributed by atoms with van der Waals surface area (Å²) in [6, 6.07) is 21.6. The highest BCUT2D eigenvalue weighted by molar-refractivity contribution is 8.14. The number of aliphatic imine (C=N–C) groups is 1. The third-order valence-corrected chi connectivity index (χ3v) is 6.63. The smallest absolute Gasteiger partial charge is 0.307 e. The molecule has 0 fully saturated rings. The SMILES string of the molecule is O=C(CSC1=N/C(=C/c2cccs2)C(=O)N1c1ccccc1)c1c([O-])on[n+]1-c1ccccc1. The Kier molecular flexibility index (Phi) is 6.07. The van der Waals surface area contributed by atoms with E-state index in [1.165, 1.54) is 20.9 Å². The lowest BCUT2D eigenvalue weighted by atomic mass is 10.3. The van der Waals surface area contributed by atoms with Crippen LogP contribution in [-0.2, 0) is 4.79 Å². The quantitative estimate of drug-likeness (QED) is 0.234. The third kappa shape index (κ3) is 4.28. The van der Waals surface area contributed by atoms with Crippen LogP contribution in [0.5, 0.6) is 5.95 Å². The van der Waals surface area contributed by atoms with Crippen molar-refractivity contribution in [1.29, 1.82) is 0 Å². The zero-order valence-electron chi connectivity index (χ0n) is 17.5. The van der Waals surface area contributed by atoms with Crippen LogP contribution in [0.1, 0.15) is 15.4 Å². The second-order valence-electron chi connectivity index (χ2n) is 7.08. The summed E-state index contributed by atoms with van der Waals surface area (Å²) in [7, 11) is 0. The van der Waals surface area contributed by atoms with E-state index in [1.807, 2.05) is 41.8 Å². The molecular formula is C24H16N4O4S2. The molecule has 1 aliphatic heterocycles. The minimum Gasteiger partial charge on any atom is -0.539 e. The summed E-state index contributed by atoms with van der Waals surface area (Å²) in [5.41, 5.74) is 1.25. The molecule has 0 unspecified atom stereocenters. The molecule has 0 saturated heterocycles. The number of Topliss-reactive ketones (excluding diaryl/α,β-unsaturated/α-hetero) is 1. The maximum atomic E-state index is 13.2. The number of amides is 1. The van der Waals surface area contributed by atoms with Gasteiger partial charge in [0.15, 0.2) is 11.1 Å². The Bertz CT molecular complexity index is 1400. The minimum absolute atomic E-state index is 0.134. The Hall–Kier alpha value is -4.02. The van der Waals surface area contributed by atoms with Gasteiger partial charge < -0.3 is 9.63 Å². The van der Waals surface area contributed by atoms with Gasteiger partial charge in [-0.05, 0) is 34.3 Å². The normalized spacial score (nSPS) is 14.6.